The maximum atomic E-state index is 9.16. The van der Waals surface area contributed by atoms with Gasteiger partial charge < -0.3 is 9.83 Å². The molecule has 0 aromatic carbocycles. The highest BCUT2D eigenvalue weighted by molar-refractivity contribution is 6.45. The summed E-state index contributed by atoms with van der Waals surface area (Å²) in [6.45, 7) is 7.65. The van der Waals surface area contributed by atoms with Gasteiger partial charge in [-0.15, -0.1) is 0 Å². The number of piperidine rings is 1. The van der Waals surface area contributed by atoms with Crippen molar-refractivity contribution in [1.82, 2.24) is 4.81 Å². The van der Waals surface area contributed by atoms with E-state index in [9.17, 15) is 0 Å². The summed E-state index contributed by atoms with van der Waals surface area (Å²) in [4.78, 5) is 2.06. The molecule has 1 aliphatic rings. The molecule has 1 aliphatic heterocycles. The third-order valence-corrected chi connectivity index (χ3v) is 2.03. The number of hydrogen-bond donors (Lipinski definition) is 1. The van der Waals surface area contributed by atoms with E-state index in [2.05, 4.69) is 11.4 Å². The first kappa shape index (κ1) is 7.83. The lowest BCUT2D eigenvalue weighted by molar-refractivity contribution is 0.345. The van der Waals surface area contributed by atoms with Crippen LogP contribution in [0.4, 0.5) is 0 Å². The van der Waals surface area contributed by atoms with Crippen LogP contribution in [0, 0.1) is 0 Å². The summed E-state index contributed by atoms with van der Waals surface area (Å²) in [6, 6.07) is 0. The monoisotopic (exact) mass is 139 g/mol. The van der Waals surface area contributed by atoms with Crippen LogP contribution in [-0.2, 0) is 0 Å². The molecule has 0 bridgehead atoms. The van der Waals surface area contributed by atoms with Crippen LogP contribution >= 0.6 is 0 Å². The predicted molar refractivity (Wildman–Crippen MR) is 43.8 cm³/mol. The topological polar surface area (TPSA) is 23.5 Å². The standard InChI is InChI=1S/C7H14BNO/c1-7-3-5-9(6-4-7)8(2)10/h10H,1,3-6H2,2H3. The van der Waals surface area contributed by atoms with Crippen molar-refractivity contribution in [2.75, 3.05) is 13.1 Å². The van der Waals surface area contributed by atoms with Gasteiger partial charge in [0.05, 0.1) is 0 Å². The van der Waals surface area contributed by atoms with Gasteiger partial charge in [-0.2, -0.15) is 0 Å². The maximum Gasteiger partial charge on any atom is 0.376 e. The molecule has 2 nitrogen and oxygen atoms in total. The van der Waals surface area contributed by atoms with Gasteiger partial charge in [-0.25, -0.2) is 0 Å². The van der Waals surface area contributed by atoms with Gasteiger partial charge in [0.25, 0.3) is 0 Å². The zero-order valence-corrected chi connectivity index (χ0v) is 6.51. The Bertz CT molecular complexity index is 126. The first-order valence-electron chi connectivity index (χ1n) is 3.79. The summed E-state index contributed by atoms with van der Waals surface area (Å²) in [5.74, 6) is 0. The molecule has 1 N–H and O–H groups in total. The normalized spacial score (nSPS) is 21.2. The molecular weight excluding hydrogens is 125 g/mol. The Morgan fingerprint density at radius 3 is 2.40 bits per heavy atom. The lowest BCUT2D eigenvalue weighted by Crippen LogP contribution is -2.41. The second-order valence-corrected chi connectivity index (χ2v) is 2.92. The number of hydrogen-bond acceptors (Lipinski definition) is 2. The summed E-state index contributed by atoms with van der Waals surface area (Å²) in [6.07, 6.45) is 2.09. The molecule has 1 fully saturated rings. The first-order chi connectivity index (χ1) is 4.70. The zero-order chi connectivity index (χ0) is 7.56. The lowest BCUT2D eigenvalue weighted by atomic mass is 9.82. The fourth-order valence-corrected chi connectivity index (χ4v) is 1.21. The average molecular weight is 139 g/mol. The lowest BCUT2D eigenvalue weighted by Gasteiger charge is -2.28. The van der Waals surface area contributed by atoms with Crippen LogP contribution in [-0.4, -0.2) is 30.0 Å². The Morgan fingerprint density at radius 2 is 2.00 bits per heavy atom. The van der Waals surface area contributed by atoms with E-state index in [1.54, 1.807) is 0 Å². The van der Waals surface area contributed by atoms with Gasteiger partial charge in [-0.3, -0.25) is 0 Å². The fourth-order valence-electron chi connectivity index (χ4n) is 1.21. The van der Waals surface area contributed by atoms with E-state index in [1.165, 1.54) is 5.57 Å². The molecule has 56 valence electrons. The summed E-state index contributed by atoms with van der Waals surface area (Å²) in [5, 5.41) is 9.16. The molecule has 0 spiro atoms. The molecule has 0 amide bonds. The smallest absolute Gasteiger partial charge is 0.376 e. The van der Waals surface area contributed by atoms with Crippen LogP contribution in [0.2, 0.25) is 6.82 Å². The second kappa shape index (κ2) is 3.22. The molecule has 10 heavy (non-hydrogen) atoms. The maximum absolute atomic E-state index is 9.16. The molecule has 1 heterocycles. The zero-order valence-electron chi connectivity index (χ0n) is 6.51. The molecule has 0 aliphatic carbocycles. The third kappa shape index (κ3) is 1.85. The van der Waals surface area contributed by atoms with Crippen molar-refractivity contribution in [3.63, 3.8) is 0 Å². The van der Waals surface area contributed by atoms with Crippen molar-refractivity contribution in [3.05, 3.63) is 12.2 Å². The molecule has 0 aromatic rings. The van der Waals surface area contributed by atoms with Gasteiger partial charge in [0.2, 0.25) is 0 Å². The second-order valence-electron chi connectivity index (χ2n) is 2.92. The van der Waals surface area contributed by atoms with Gasteiger partial charge in [0, 0.05) is 0 Å². The van der Waals surface area contributed by atoms with Gasteiger partial charge >= 0.3 is 7.05 Å². The summed E-state index contributed by atoms with van der Waals surface area (Å²) < 4.78 is 0. The van der Waals surface area contributed by atoms with Crippen molar-refractivity contribution < 1.29 is 5.02 Å². The summed E-state index contributed by atoms with van der Waals surface area (Å²) in [5.41, 5.74) is 1.32. The van der Waals surface area contributed by atoms with Crippen LogP contribution in [0.25, 0.3) is 0 Å². The van der Waals surface area contributed by atoms with Crippen molar-refractivity contribution in [3.8, 4) is 0 Å². The molecule has 0 atom stereocenters. The minimum absolute atomic E-state index is 0.284. The van der Waals surface area contributed by atoms with Crippen molar-refractivity contribution >= 4 is 7.05 Å². The van der Waals surface area contributed by atoms with Gasteiger partial charge in [-0.05, 0) is 32.8 Å². The Labute approximate surface area is 62.7 Å². The van der Waals surface area contributed by atoms with Crippen LogP contribution in [0.15, 0.2) is 12.2 Å². The van der Waals surface area contributed by atoms with E-state index in [0.717, 1.165) is 25.9 Å². The fraction of sp³-hybridized carbons (Fsp3) is 0.714. The summed E-state index contributed by atoms with van der Waals surface area (Å²) >= 11 is 0. The van der Waals surface area contributed by atoms with Gasteiger partial charge in [0.1, 0.15) is 0 Å². The highest BCUT2D eigenvalue weighted by Gasteiger charge is 2.18. The Hall–Kier alpha value is -0.275. The Kier molecular flexibility index (Phi) is 2.52. The quantitative estimate of drug-likeness (QED) is 0.428. The number of nitrogens with zero attached hydrogens (tertiary/aromatic N) is 1. The Balaban J connectivity index is 2.33. The van der Waals surface area contributed by atoms with Crippen molar-refractivity contribution in [2.45, 2.75) is 19.7 Å². The first-order valence-corrected chi connectivity index (χ1v) is 3.79. The molecule has 0 saturated carbocycles. The highest BCUT2D eigenvalue weighted by atomic mass is 16.2. The van der Waals surface area contributed by atoms with E-state index < -0.39 is 0 Å². The minimum atomic E-state index is -0.284. The average Bonchev–Trinajstić information content (AvgIpc) is 1.88. The van der Waals surface area contributed by atoms with Crippen LogP contribution in [0.3, 0.4) is 0 Å². The van der Waals surface area contributed by atoms with E-state index in [0.29, 0.717) is 0 Å². The van der Waals surface area contributed by atoms with Gasteiger partial charge in [0.15, 0.2) is 0 Å². The van der Waals surface area contributed by atoms with Crippen LogP contribution in [0.1, 0.15) is 12.8 Å². The van der Waals surface area contributed by atoms with Crippen LogP contribution in [0.5, 0.6) is 0 Å². The molecule has 0 unspecified atom stereocenters. The molecule has 1 rings (SSSR count). The van der Waals surface area contributed by atoms with E-state index >= 15 is 0 Å². The highest BCUT2D eigenvalue weighted by Crippen LogP contribution is 2.13. The third-order valence-electron chi connectivity index (χ3n) is 2.03. The van der Waals surface area contributed by atoms with Crippen molar-refractivity contribution in [1.29, 1.82) is 0 Å². The summed E-state index contributed by atoms with van der Waals surface area (Å²) in [7, 11) is -0.284. The van der Waals surface area contributed by atoms with E-state index in [4.69, 9.17) is 5.02 Å². The molecular formula is C7H14BNO. The van der Waals surface area contributed by atoms with E-state index in [1.807, 2.05) is 6.82 Å². The molecule has 1 saturated heterocycles. The largest absolute Gasteiger partial charge is 0.437 e. The molecule has 0 aromatic heterocycles. The molecule has 3 heteroatoms. The van der Waals surface area contributed by atoms with Crippen molar-refractivity contribution in [2.24, 2.45) is 0 Å². The van der Waals surface area contributed by atoms with Crippen LogP contribution < -0.4 is 0 Å². The van der Waals surface area contributed by atoms with Gasteiger partial charge in [-0.1, -0.05) is 12.2 Å². The molecule has 0 radical (unpaired) electrons. The predicted octanol–water partition coefficient (Wildman–Crippen LogP) is 0.749. The number of rotatable bonds is 1. The minimum Gasteiger partial charge on any atom is -0.437 e. The Morgan fingerprint density at radius 1 is 1.50 bits per heavy atom. The SMILES string of the molecule is C=C1CCN(B(C)O)CC1. The van der Waals surface area contributed by atoms with E-state index in [-0.39, 0.29) is 7.05 Å².